The number of pyridine rings is 1. The molecule has 1 amide bonds. The van der Waals surface area contributed by atoms with E-state index in [1.54, 1.807) is 19.4 Å². The third-order valence-electron chi connectivity index (χ3n) is 3.46. The number of aryl methyl sites for hydroxylation is 2. The van der Waals surface area contributed by atoms with Crippen LogP contribution in [0.3, 0.4) is 0 Å². The van der Waals surface area contributed by atoms with E-state index in [2.05, 4.69) is 19.9 Å². The van der Waals surface area contributed by atoms with Crippen molar-refractivity contribution in [1.82, 2.24) is 19.9 Å². The minimum atomic E-state index is -0.112. The summed E-state index contributed by atoms with van der Waals surface area (Å²) in [4.78, 5) is 20.5. The van der Waals surface area contributed by atoms with Crippen LogP contribution >= 0.6 is 0 Å². The van der Waals surface area contributed by atoms with E-state index in [0.717, 1.165) is 23.8 Å². The Bertz CT molecular complexity index is 620. The first-order valence-electron chi connectivity index (χ1n) is 7.32. The average molecular weight is 302 g/mol. The van der Waals surface area contributed by atoms with Gasteiger partial charge in [0.2, 0.25) is 0 Å². The van der Waals surface area contributed by atoms with Crippen LogP contribution in [0.25, 0.3) is 0 Å². The average Bonchev–Trinajstić information content (AvgIpc) is 2.86. The van der Waals surface area contributed by atoms with E-state index in [9.17, 15) is 4.79 Å². The SMILES string of the molecule is COCCn1c(C)cnc1CCNC(=O)c1ccc(C)nc1. The van der Waals surface area contributed by atoms with Gasteiger partial charge in [-0.15, -0.1) is 0 Å². The number of nitrogens with one attached hydrogen (secondary N) is 1. The third-order valence-corrected chi connectivity index (χ3v) is 3.46. The number of hydrogen-bond donors (Lipinski definition) is 1. The lowest BCUT2D eigenvalue weighted by Crippen LogP contribution is -2.26. The first-order valence-corrected chi connectivity index (χ1v) is 7.32. The summed E-state index contributed by atoms with van der Waals surface area (Å²) < 4.78 is 7.22. The summed E-state index contributed by atoms with van der Waals surface area (Å²) in [5.41, 5.74) is 2.57. The molecule has 0 fully saturated rings. The van der Waals surface area contributed by atoms with Gasteiger partial charge in [0.1, 0.15) is 5.82 Å². The number of carbonyl (C=O) groups excluding carboxylic acids is 1. The Labute approximate surface area is 130 Å². The zero-order chi connectivity index (χ0) is 15.9. The van der Waals surface area contributed by atoms with Crippen molar-refractivity contribution in [3.05, 3.63) is 47.3 Å². The predicted octanol–water partition coefficient (Wildman–Crippen LogP) is 1.51. The minimum absolute atomic E-state index is 0.112. The molecule has 2 aromatic heterocycles. The maximum absolute atomic E-state index is 12.0. The van der Waals surface area contributed by atoms with Crippen LogP contribution in [0.5, 0.6) is 0 Å². The Morgan fingerprint density at radius 1 is 1.27 bits per heavy atom. The molecule has 118 valence electrons. The first kappa shape index (κ1) is 16.2. The Balaban J connectivity index is 1.88. The fourth-order valence-corrected chi connectivity index (χ4v) is 2.19. The van der Waals surface area contributed by atoms with Gasteiger partial charge in [0.15, 0.2) is 0 Å². The number of nitrogens with zero attached hydrogens (tertiary/aromatic N) is 3. The van der Waals surface area contributed by atoms with E-state index in [1.807, 2.05) is 26.1 Å². The van der Waals surface area contributed by atoms with Gasteiger partial charge in [-0.05, 0) is 26.0 Å². The highest BCUT2D eigenvalue weighted by atomic mass is 16.5. The van der Waals surface area contributed by atoms with Gasteiger partial charge >= 0.3 is 0 Å². The van der Waals surface area contributed by atoms with Crippen molar-refractivity contribution >= 4 is 5.91 Å². The summed E-state index contributed by atoms with van der Waals surface area (Å²) in [6.07, 6.45) is 4.12. The lowest BCUT2D eigenvalue weighted by molar-refractivity contribution is 0.0953. The summed E-state index contributed by atoms with van der Waals surface area (Å²) in [6, 6.07) is 3.61. The second kappa shape index (κ2) is 7.70. The van der Waals surface area contributed by atoms with Crippen LogP contribution in [-0.2, 0) is 17.7 Å². The van der Waals surface area contributed by atoms with E-state index >= 15 is 0 Å². The highest BCUT2D eigenvalue weighted by Crippen LogP contribution is 2.05. The smallest absolute Gasteiger partial charge is 0.252 e. The molecule has 2 rings (SSSR count). The molecule has 2 heterocycles. The molecule has 0 bridgehead atoms. The number of amides is 1. The molecule has 22 heavy (non-hydrogen) atoms. The molecule has 0 unspecified atom stereocenters. The van der Waals surface area contributed by atoms with Crippen LogP contribution in [0.1, 0.15) is 27.6 Å². The largest absolute Gasteiger partial charge is 0.383 e. The number of imidazole rings is 1. The normalized spacial score (nSPS) is 10.7. The van der Waals surface area contributed by atoms with E-state index in [1.165, 1.54) is 0 Å². The van der Waals surface area contributed by atoms with Gasteiger partial charge in [-0.3, -0.25) is 9.78 Å². The van der Waals surface area contributed by atoms with Crippen molar-refractivity contribution in [3.63, 3.8) is 0 Å². The number of methoxy groups -OCH3 is 1. The topological polar surface area (TPSA) is 69.0 Å². The third kappa shape index (κ3) is 4.14. The molecule has 0 aliphatic carbocycles. The molecule has 0 spiro atoms. The van der Waals surface area contributed by atoms with Crippen molar-refractivity contribution in [2.75, 3.05) is 20.3 Å². The van der Waals surface area contributed by atoms with Crippen LogP contribution in [0.15, 0.2) is 24.5 Å². The quantitative estimate of drug-likeness (QED) is 0.842. The van der Waals surface area contributed by atoms with Crippen molar-refractivity contribution < 1.29 is 9.53 Å². The molecule has 0 saturated carbocycles. The van der Waals surface area contributed by atoms with Gasteiger partial charge in [0.25, 0.3) is 5.91 Å². The fraction of sp³-hybridized carbons (Fsp3) is 0.438. The Kier molecular flexibility index (Phi) is 5.66. The standard InChI is InChI=1S/C16H22N4O2/c1-12-4-5-14(11-18-12)16(21)17-7-6-15-19-10-13(2)20(15)8-9-22-3/h4-5,10-11H,6-9H2,1-3H3,(H,17,21). The maximum atomic E-state index is 12.0. The summed E-state index contributed by atoms with van der Waals surface area (Å²) in [5, 5.41) is 2.90. The molecule has 0 aliphatic heterocycles. The van der Waals surface area contributed by atoms with Crippen LogP contribution < -0.4 is 5.32 Å². The predicted molar refractivity (Wildman–Crippen MR) is 83.9 cm³/mol. The van der Waals surface area contributed by atoms with Gasteiger partial charge in [-0.2, -0.15) is 0 Å². The molecular weight excluding hydrogens is 280 g/mol. The van der Waals surface area contributed by atoms with Crippen LogP contribution in [0, 0.1) is 13.8 Å². The molecular formula is C16H22N4O2. The molecule has 0 saturated heterocycles. The lowest BCUT2D eigenvalue weighted by atomic mass is 10.2. The number of carbonyl (C=O) groups is 1. The Hall–Kier alpha value is -2.21. The number of ether oxygens (including phenoxy) is 1. The fourth-order valence-electron chi connectivity index (χ4n) is 2.19. The zero-order valence-electron chi connectivity index (χ0n) is 13.3. The highest BCUT2D eigenvalue weighted by Gasteiger charge is 2.09. The molecule has 2 aromatic rings. The van der Waals surface area contributed by atoms with Crippen LogP contribution in [0.2, 0.25) is 0 Å². The van der Waals surface area contributed by atoms with Crippen LogP contribution in [-0.4, -0.2) is 40.7 Å². The molecule has 6 nitrogen and oxygen atoms in total. The van der Waals surface area contributed by atoms with Crippen molar-refractivity contribution in [1.29, 1.82) is 0 Å². The Morgan fingerprint density at radius 2 is 2.09 bits per heavy atom. The second-order valence-electron chi connectivity index (χ2n) is 5.15. The van der Waals surface area contributed by atoms with E-state index < -0.39 is 0 Å². The van der Waals surface area contributed by atoms with Crippen molar-refractivity contribution in [2.24, 2.45) is 0 Å². The molecule has 0 aromatic carbocycles. The molecule has 1 N–H and O–H groups in total. The van der Waals surface area contributed by atoms with Crippen molar-refractivity contribution in [3.8, 4) is 0 Å². The number of hydrogen-bond acceptors (Lipinski definition) is 4. The monoisotopic (exact) mass is 302 g/mol. The number of aromatic nitrogens is 3. The first-order chi connectivity index (χ1) is 10.6. The van der Waals surface area contributed by atoms with E-state index in [0.29, 0.717) is 25.1 Å². The van der Waals surface area contributed by atoms with Crippen LogP contribution in [0.4, 0.5) is 0 Å². The summed E-state index contributed by atoms with van der Waals surface area (Å²) >= 11 is 0. The van der Waals surface area contributed by atoms with Gasteiger partial charge in [0.05, 0.1) is 12.2 Å². The number of rotatable bonds is 7. The van der Waals surface area contributed by atoms with Gasteiger partial charge < -0.3 is 14.6 Å². The maximum Gasteiger partial charge on any atom is 0.252 e. The lowest BCUT2D eigenvalue weighted by Gasteiger charge is -2.10. The van der Waals surface area contributed by atoms with E-state index in [4.69, 9.17) is 4.74 Å². The zero-order valence-corrected chi connectivity index (χ0v) is 13.3. The minimum Gasteiger partial charge on any atom is -0.383 e. The molecule has 0 radical (unpaired) electrons. The second-order valence-corrected chi connectivity index (χ2v) is 5.15. The highest BCUT2D eigenvalue weighted by molar-refractivity contribution is 5.93. The van der Waals surface area contributed by atoms with Gasteiger partial charge in [-0.25, -0.2) is 4.98 Å². The summed E-state index contributed by atoms with van der Waals surface area (Å²) in [7, 11) is 1.68. The summed E-state index contributed by atoms with van der Waals surface area (Å²) in [5.74, 6) is 0.844. The molecule has 6 heteroatoms. The Morgan fingerprint density at radius 3 is 2.77 bits per heavy atom. The summed E-state index contributed by atoms with van der Waals surface area (Å²) in [6.45, 7) is 5.86. The van der Waals surface area contributed by atoms with Crippen molar-refractivity contribution in [2.45, 2.75) is 26.8 Å². The van der Waals surface area contributed by atoms with E-state index in [-0.39, 0.29) is 5.91 Å². The molecule has 0 atom stereocenters. The van der Waals surface area contributed by atoms with Gasteiger partial charge in [-0.1, -0.05) is 0 Å². The van der Waals surface area contributed by atoms with Gasteiger partial charge in [0, 0.05) is 50.4 Å². The molecule has 0 aliphatic rings.